The minimum absolute atomic E-state index is 0.146. The number of hydrogen-bond acceptors (Lipinski definition) is 2. The van der Waals surface area contributed by atoms with Gasteiger partial charge in [0.05, 0.1) is 0 Å². The molecule has 0 aliphatic rings. The average molecular weight is 284 g/mol. The highest BCUT2D eigenvalue weighted by Crippen LogP contribution is 2.23. The van der Waals surface area contributed by atoms with Crippen LogP contribution in [-0.2, 0) is 0 Å². The second-order valence-electron chi connectivity index (χ2n) is 4.04. The standard InChI is InChI=1S/C13H18BrNO/c1-3-9(4-2)7-13(16)11-8-10(14)5-6-12(11)15/h5-6,8-9H,3-4,7,15H2,1-2H3. The van der Waals surface area contributed by atoms with Crippen LogP contribution in [0.25, 0.3) is 0 Å². The zero-order chi connectivity index (χ0) is 12.1. The molecule has 0 radical (unpaired) electrons. The normalized spacial score (nSPS) is 10.8. The molecule has 0 heterocycles. The summed E-state index contributed by atoms with van der Waals surface area (Å²) in [5, 5.41) is 0. The van der Waals surface area contributed by atoms with Gasteiger partial charge in [-0.3, -0.25) is 4.79 Å². The van der Waals surface area contributed by atoms with E-state index in [9.17, 15) is 4.79 Å². The van der Waals surface area contributed by atoms with E-state index in [-0.39, 0.29) is 5.78 Å². The van der Waals surface area contributed by atoms with Crippen molar-refractivity contribution in [3.05, 3.63) is 28.2 Å². The third-order valence-electron chi connectivity index (χ3n) is 2.94. The van der Waals surface area contributed by atoms with Crippen molar-refractivity contribution in [2.75, 3.05) is 5.73 Å². The summed E-state index contributed by atoms with van der Waals surface area (Å²) in [7, 11) is 0. The maximum Gasteiger partial charge on any atom is 0.165 e. The van der Waals surface area contributed by atoms with Gasteiger partial charge in [0.25, 0.3) is 0 Å². The molecular weight excluding hydrogens is 266 g/mol. The van der Waals surface area contributed by atoms with Crippen LogP contribution in [0.1, 0.15) is 43.5 Å². The first-order valence-corrected chi connectivity index (χ1v) is 6.46. The lowest BCUT2D eigenvalue weighted by atomic mass is 9.93. The van der Waals surface area contributed by atoms with Gasteiger partial charge in [0.2, 0.25) is 0 Å². The van der Waals surface area contributed by atoms with Crippen LogP contribution < -0.4 is 5.73 Å². The van der Waals surface area contributed by atoms with Gasteiger partial charge in [0, 0.05) is 22.1 Å². The smallest absolute Gasteiger partial charge is 0.165 e. The van der Waals surface area contributed by atoms with Crippen LogP contribution >= 0.6 is 15.9 Å². The molecule has 1 rings (SSSR count). The summed E-state index contributed by atoms with van der Waals surface area (Å²) in [6.07, 6.45) is 2.67. The zero-order valence-electron chi connectivity index (χ0n) is 9.79. The Hall–Kier alpha value is -0.830. The van der Waals surface area contributed by atoms with Crippen LogP contribution in [0, 0.1) is 5.92 Å². The van der Waals surface area contributed by atoms with Gasteiger partial charge in [0.1, 0.15) is 0 Å². The van der Waals surface area contributed by atoms with E-state index in [1.54, 1.807) is 12.1 Å². The minimum atomic E-state index is 0.146. The quantitative estimate of drug-likeness (QED) is 0.655. The second-order valence-corrected chi connectivity index (χ2v) is 4.96. The van der Waals surface area contributed by atoms with Crippen molar-refractivity contribution in [2.45, 2.75) is 33.1 Å². The molecule has 0 aliphatic heterocycles. The Balaban J connectivity index is 2.83. The Morgan fingerprint density at radius 3 is 2.56 bits per heavy atom. The summed E-state index contributed by atoms with van der Waals surface area (Å²) in [4.78, 5) is 12.0. The Kier molecular flexibility index (Phi) is 5.00. The van der Waals surface area contributed by atoms with Gasteiger partial charge in [-0.15, -0.1) is 0 Å². The summed E-state index contributed by atoms with van der Waals surface area (Å²) in [5.74, 6) is 0.610. The lowest BCUT2D eigenvalue weighted by Crippen LogP contribution is -2.09. The number of rotatable bonds is 5. The Bertz CT molecular complexity index is 372. The molecule has 88 valence electrons. The first-order valence-electron chi connectivity index (χ1n) is 5.66. The molecule has 1 aromatic rings. The van der Waals surface area contributed by atoms with E-state index >= 15 is 0 Å². The second kappa shape index (κ2) is 6.04. The molecule has 0 fully saturated rings. The molecule has 0 aliphatic carbocycles. The molecule has 0 spiro atoms. The number of benzene rings is 1. The van der Waals surface area contributed by atoms with Crippen molar-refractivity contribution in [3.63, 3.8) is 0 Å². The largest absolute Gasteiger partial charge is 0.398 e. The highest BCUT2D eigenvalue weighted by atomic mass is 79.9. The fourth-order valence-corrected chi connectivity index (χ4v) is 2.08. The Morgan fingerprint density at radius 1 is 1.38 bits per heavy atom. The van der Waals surface area contributed by atoms with Gasteiger partial charge >= 0.3 is 0 Å². The molecular formula is C13H18BrNO. The number of nitrogens with two attached hydrogens (primary N) is 1. The van der Waals surface area contributed by atoms with Gasteiger partial charge < -0.3 is 5.73 Å². The summed E-state index contributed by atoms with van der Waals surface area (Å²) < 4.78 is 0.898. The monoisotopic (exact) mass is 283 g/mol. The van der Waals surface area contributed by atoms with Crippen LogP contribution in [0.15, 0.2) is 22.7 Å². The number of carbonyl (C=O) groups excluding carboxylic acids is 1. The number of ketones is 1. The van der Waals surface area contributed by atoms with Crippen LogP contribution in [-0.4, -0.2) is 5.78 Å². The van der Waals surface area contributed by atoms with Gasteiger partial charge in [-0.1, -0.05) is 42.6 Å². The molecule has 1 aromatic carbocycles. The molecule has 0 aromatic heterocycles. The molecule has 2 N–H and O–H groups in total. The molecule has 0 unspecified atom stereocenters. The first-order chi connectivity index (χ1) is 7.58. The van der Waals surface area contributed by atoms with Crippen LogP contribution in [0.4, 0.5) is 5.69 Å². The number of nitrogen functional groups attached to an aromatic ring is 1. The summed E-state index contributed by atoms with van der Waals surface area (Å²) >= 11 is 3.36. The van der Waals surface area contributed by atoms with Crippen LogP contribution in [0.2, 0.25) is 0 Å². The fourth-order valence-electron chi connectivity index (χ4n) is 1.72. The molecule has 0 saturated carbocycles. The number of halogens is 1. The van der Waals surface area contributed by atoms with Crippen molar-refractivity contribution < 1.29 is 4.79 Å². The van der Waals surface area contributed by atoms with Crippen molar-refractivity contribution >= 4 is 27.4 Å². The maximum atomic E-state index is 12.0. The summed E-state index contributed by atoms with van der Waals surface area (Å²) in [5.41, 5.74) is 7.02. The number of carbonyl (C=O) groups is 1. The van der Waals surface area contributed by atoms with Crippen molar-refractivity contribution in [2.24, 2.45) is 5.92 Å². The van der Waals surface area contributed by atoms with E-state index in [1.807, 2.05) is 6.07 Å². The fraction of sp³-hybridized carbons (Fsp3) is 0.462. The van der Waals surface area contributed by atoms with Crippen LogP contribution in [0.5, 0.6) is 0 Å². The van der Waals surface area contributed by atoms with E-state index in [2.05, 4.69) is 29.8 Å². The third kappa shape index (κ3) is 3.34. The predicted molar refractivity (Wildman–Crippen MR) is 71.6 cm³/mol. The molecule has 0 saturated heterocycles. The van der Waals surface area contributed by atoms with E-state index < -0.39 is 0 Å². The summed E-state index contributed by atoms with van der Waals surface area (Å²) in [6, 6.07) is 5.42. The van der Waals surface area contributed by atoms with Crippen LogP contribution in [0.3, 0.4) is 0 Å². The van der Waals surface area contributed by atoms with Gasteiger partial charge in [-0.25, -0.2) is 0 Å². The molecule has 0 bridgehead atoms. The molecule has 16 heavy (non-hydrogen) atoms. The van der Waals surface area contributed by atoms with Gasteiger partial charge in [0.15, 0.2) is 5.78 Å². The molecule has 3 heteroatoms. The van der Waals surface area contributed by atoms with E-state index in [0.717, 1.165) is 17.3 Å². The van der Waals surface area contributed by atoms with Gasteiger partial charge in [-0.2, -0.15) is 0 Å². The SMILES string of the molecule is CCC(CC)CC(=O)c1cc(Br)ccc1N. The molecule has 2 nitrogen and oxygen atoms in total. The molecule has 0 atom stereocenters. The van der Waals surface area contributed by atoms with Crippen molar-refractivity contribution in [1.29, 1.82) is 0 Å². The van der Waals surface area contributed by atoms with E-state index in [4.69, 9.17) is 5.73 Å². The Labute approximate surface area is 105 Å². The molecule has 0 amide bonds. The van der Waals surface area contributed by atoms with Crippen molar-refractivity contribution in [1.82, 2.24) is 0 Å². The number of Topliss-reactive ketones (excluding diaryl/α,β-unsaturated/α-hetero) is 1. The maximum absolute atomic E-state index is 12.0. The highest BCUT2D eigenvalue weighted by molar-refractivity contribution is 9.10. The zero-order valence-corrected chi connectivity index (χ0v) is 11.4. The summed E-state index contributed by atoms with van der Waals surface area (Å²) in [6.45, 7) is 4.23. The lowest BCUT2D eigenvalue weighted by molar-refractivity contribution is 0.0959. The number of hydrogen-bond donors (Lipinski definition) is 1. The third-order valence-corrected chi connectivity index (χ3v) is 3.44. The minimum Gasteiger partial charge on any atom is -0.398 e. The van der Waals surface area contributed by atoms with Gasteiger partial charge in [-0.05, 0) is 24.1 Å². The van der Waals surface area contributed by atoms with E-state index in [0.29, 0.717) is 23.6 Å². The predicted octanol–water partition coefficient (Wildman–Crippen LogP) is 4.04. The van der Waals surface area contributed by atoms with E-state index in [1.165, 1.54) is 0 Å². The lowest BCUT2D eigenvalue weighted by Gasteiger charge is -2.12. The Morgan fingerprint density at radius 2 is 2.00 bits per heavy atom. The highest BCUT2D eigenvalue weighted by Gasteiger charge is 2.14. The first kappa shape index (κ1) is 13.2. The number of anilines is 1. The average Bonchev–Trinajstić information content (AvgIpc) is 2.28. The van der Waals surface area contributed by atoms with Crippen molar-refractivity contribution in [3.8, 4) is 0 Å². The topological polar surface area (TPSA) is 43.1 Å².